The lowest BCUT2D eigenvalue weighted by Gasteiger charge is -2.37. The van der Waals surface area contributed by atoms with Gasteiger partial charge in [0.15, 0.2) is 17.5 Å². The third-order valence-electron chi connectivity index (χ3n) is 5.20. The van der Waals surface area contributed by atoms with Crippen molar-refractivity contribution in [2.75, 3.05) is 33.4 Å². The first-order chi connectivity index (χ1) is 13.4. The van der Waals surface area contributed by atoms with Crippen LogP contribution < -0.4 is 10.6 Å². The molecule has 1 saturated heterocycles. The Morgan fingerprint density at radius 2 is 1.68 bits per heavy atom. The molecule has 1 aliphatic rings. The van der Waals surface area contributed by atoms with Gasteiger partial charge in [-0.15, -0.1) is 0 Å². The summed E-state index contributed by atoms with van der Waals surface area (Å²) in [5.74, 6) is -4.22. The number of piperidine rings is 1. The molecule has 1 heterocycles. The Morgan fingerprint density at radius 3 is 2.25 bits per heavy atom. The van der Waals surface area contributed by atoms with Crippen LogP contribution in [0.4, 0.5) is 13.2 Å². The molecule has 2 aromatic rings. The predicted octanol–water partition coefficient (Wildman–Crippen LogP) is 3.52. The summed E-state index contributed by atoms with van der Waals surface area (Å²) < 4.78 is 45.3. The van der Waals surface area contributed by atoms with Crippen molar-refractivity contribution < 1.29 is 22.7 Å². The van der Waals surface area contributed by atoms with E-state index < -0.39 is 17.5 Å². The lowest BCUT2D eigenvalue weighted by molar-refractivity contribution is 0.0512. The predicted molar refractivity (Wildman–Crippen MR) is 100 cm³/mol. The fraction of sp³-hybridized carbons (Fsp3) is 0.381. The molecule has 150 valence electrons. The summed E-state index contributed by atoms with van der Waals surface area (Å²) in [4.78, 5) is 12.5. The Kier molecular flexibility index (Phi) is 6.36. The minimum absolute atomic E-state index is 0.0846. The van der Waals surface area contributed by atoms with Gasteiger partial charge in [-0.2, -0.15) is 0 Å². The van der Waals surface area contributed by atoms with E-state index in [2.05, 4.69) is 10.6 Å². The summed E-state index contributed by atoms with van der Waals surface area (Å²) in [5, 5.41) is 6.27. The van der Waals surface area contributed by atoms with Crippen molar-refractivity contribution in [2.45, 2.75) is 12.8 Å². The van der Waals surface area contributed by atoms with Crippen LogP contribution in [-0.4, -0.2) is 39.3 Å². The minimum atomic E-state index is -1.50. The van der Waals surface area contributed by atoms with Gasteiger partial charge >= 0.3 is 0 Å². The molecule has 2 N–H and O–H groups in total. The van der Waals surface area contributed by atoms with E-state index >= 15 is 0 Å². The summed E-state index contributed by atoms with van der Waals surface area (Å²) in [6.07, 6.45) is 1.84. The first-order valence-corrected chi connectivity index (χ1v) is 9.17. The third kappa shape index (κ3) is 4.54. The van der Waals surface area contributed by atoms with Gasteiger partial charge in [0.25, 0.3) is 5.91 Å². The highest BCUT2D eigenvalue weighted by Gasteiger charge is 2.32. The minimum Gasteiger partial charge on any atom is -0.384 e. The molecule has 4 nitrogen and oxygen atoms in total. The number of amides is 1. The van der Waals surface area contributed by atoms with Crippen LogP contribution in [0.15, 0.2) is 36.4 Å². The normalized spacial score (nSPS) is 16.0. The summed E-state index contributed by atoms with van der Waals surface area (Å²) in [5.41, 5.74) is 1.05. The van der Waals surface area contributed by atoms with Gasteiger partial charge in [-0.1, -0.05) is 12.1 Å². The zero-order valence-electron chi connectivity index (χ0n) is 15.7. The molecular formula is C21H23F3N2O2. The molecule has 1 fully saturated rings. The Bertz CT molecular complexity index is 806. The average Bonchev–Trinajstić information content (AvgIpc) is 2.71. The molecule has 3 rings (SSSR count). The number of ether oxygens (including phenoxy) is 1. The third-order valence-corrected chi connectivity index (χ3v) is 5.20. The molecule has 0 unspecified atom stereocenters. The van der Waals surface area contributed by atoms with E-state index in [0.29, 0.717) is 24.3 Å². The van der Waals surface area contributed by atoms with Gasteiger partial charge < -0.3 is 15.4 Å². The van der Waals surface area contributed by atoms with Crippen molar-refractivity contribution in [3.8, 4) is 11.1 Å². The van der Waals surface area contributed by atoms with Gasteiger partial charge in [0, 0.05) is 24.6 Å². The monoisotopic (exact) mass is 392 g/mol. The molecule has 28 heavy (non-hydrogen) atoms. The molecule has 7 heteroatoms. The quantitative estimate of drug-likeness (QED) is 0.740. The number of carbonyl (C=O) groups excluding carboxylic acids is 1. The molecule has 1 aliphatic heterocycles. The molecular weight excluding hydrogens is 369 g/mol. The van der Waals surface area contributed by atoms with Crippen molar-refractivity contribution in [3.63, 3.8) is 0 Å². The van der Waals surface area contributed by atoms with Crippen LogP contribution in [0.3, 0.4) is 0 Å². The maximum absolute atomic E-state index is 13.4. The van der Waals surface area contributed by atoms with E-state index in [1.165, 1.54) is 0 Å². The maximum Gasteiger partial charge on any atom is 0.251 e. The van der Waals surface area contributed by atoms with E-state index in [-0.39, 0.29) is 16.9 Å². The number of methoxy groups -OCH3 is 1. The second kappa shape index (κ2) is 8.75. The second-order valence-electron chi connectivity index (χ2n) is 7.20. The Labute approximate surface area is 162 Å². The molecule has 0 saturated carbocycles. The number of carbonyl (C=O) groups is 1. The van der Waals surface area contributed by atoms with Gasteiger partial charge in [0.2, 0.25) is 0 Å². The highest BCUT2D eigenvalue weighted by atomic mass is 19.2. The van der Waals surface area contributed by atoms with Crippen LogP contribution in [0.1, 0.15) is 23.2 Å². The molecule has 0 aromatic heterocycles. The summed E-state index contributed by atoms with van der Waals surface area (Å²) in [6, 6.07) is 8.18. The average molecular weight is 392 g/mol. The maximum atomic E-state index is 13.4. The number of halogens is 3. The number of benzene rings is 2. The molecule has 0 spiro atoms. The van der Waals surface area contributed by atoms with E-state index in [0.717, 1.165) is 38.1 Å². The second-order valence-corrected chi connectivity index (χ2v) is 7.20. The summed E-state index contributed by atoms with van der Waals surface area (Å²) in [7, 11) is 1.66. The fourth-order valence-electron chi connectivity index (χ4n) is 3.54. The van der Waals surface area contributed by atoms with Gasteiger partial charge in [-0.3, -0.25) is 4.79 Å². The molecule has 1 amide bonds. The van der Waals surface area contributed by atoms with Gasteiger partial charge in [0.1, 0.15) is 0 Å². The zero-order valence-corrected chi connectivity index (χ0v) is 15.7. The first kappa shape index (κ1) is 20.4. The largest absolute Gasteiger partial charge is 0.384 e. The number of rotatable bonds is 6. The molecule has 0 atom stereocenters. The summed E-state index contributed by atoms with van der Waals surface area (Å²) >= 11 is 0. The van der Waals surface area contributed by atoms with Crippen molar-refractivity contribution in [1.29, 1.82) is 0 Å². The fourth-order valence-corrected chi connectivity index (χ4v) is 3.54. The number of nitrogens with one attached hydrogen (secondary N) is 2. The van der Waals surface area contributed by atoms with Gasteiger partial charge in [-0.25, -0.2) is 13.2 Å². The van der Waals surface area contributed by atoms with Gasteiger partial charge in [-0.05, 0) is 61.3 Å². The van der Waals surface area contributed by atoms with Crippen LogP contribution in [0.5, 0.6) is 0 Å². The highest BCUT2D eigenvalue weighted by Crippen LogP contribution is 2.28. The molecule has 0 bridgehead atoms. The van der Waals surface area contributed by atoms with E-state index in [9.17, 15) is 18.0 Å². The molecule has 2 aromatic carbocycles. The SMILES string of the molecule is COCC1(CNC(=O)c2ccc(-c3cc(F)c(F)c(F)c3)cc2)CCNCC1. The number of hydrogen-bond acceptors (Lipinski definition) is 3. The Balaban J connectivity index is 1.68. The van der Waals surface area contributed by atoms with Crippen LogP contribution in [0.2, 0.25) is 0 Å². The standard InChI is InChI=1S/C21H23F3N2O2/c1-28-13-21(6-8-25-9-7-21)12-26-20(27)15-4-2-14(3-5-15)16-10-17(22)19(24)18(23)11-16/h2-5,10-11,25H,6-9,12-13H2,1H3,(H,26,27). The van der Waals surface area contributed by atoms with Crippen LogP contribution >= 0.6 is 0 Å². The van der Waals surface area contributed by atoms with Crippen molar-refractivity contribution in [2.24, 2.45) is 5.41 Å². The van der Waals surface area contributed by atoms with E-state index in [1.54, 1.807) is 31.4 Å². The van der Waals surface area contributed by atoms with Crippen LogP contribution in [0.25, 0.3) is 11.1 Å². The lowest BCUT2D eigenvalue weighted by Crippen LogP contribution is -2.47. The number of hydrogen-bond donors (Lipinski definition) is 2. The topological polar surface area (TPSA) is 50.4 Å². The molecule has 0 aliphatic carbocycles. The van der Waals surface area contributed by atoms with Crippen LogP contribution in [0, 0.1) is 22.9 Å². The zero-order chi connectivity index (χ0) is 20.1. The molecule has 0 radical (unpaired) electrons. The van der Waals surface area contributed by atoms with E-state index in [1.807, 2.05) is 0 Å². The summed E-state index contributed by atoms with van der Waals surface area (Å²) in [6.45, 7) is 2.87. The van der Waals surface area contributed by atoms with Crippen LogP contribution in [-0.2, 0) is 4.74 Å². The van der Waals surface area contributed by atoms with Crippen molar-refractivity contribution in [3.05, 3.63) is 59.4 Å². The first-order valence-electron chi connectivity index (χ1n) is 9.17. The smallest absolute Gasteiger partial charge is 0.251 e. The highest BCUT2D eigenvalue weighted by molar-refractivity contribution is 5.94. The van der Waals surface area contributed by atoms with E-state index in [4.69, 9.17) is 4.74 Å². The van der Waals surface area contributed by atoms with Gasteiger partial charge in [0.05, 0.1) is 6.61 Å². The van der Waals surface area contributed by atoms with Crippen molar-refractivity contribution >= 4 is 5.91 Å². The lowest BCUT2D eigenvalue weighted by atomic mass is 9.79. The van der Waals surface area contributed by atoms with Crippen molar-refractivity contribution in [1.82, 2.24) is 10.6 Å². The Hall–Kier alpha value is -2.38. The Morgan fingerprint density at radius 1 is 1.07 bits per heavy atom.